The molecule has 0 aromatic carbocycles. The van der Waals surface area contributed by atoms with Crippen LogP contribution in [-0.2, 0) is 18.4 Å². The third-order valence-electron chi connectivity index (χ3n) is 4.66. The fourth-order valence-electron chi connectivity index (χ4n) is 3.49. The first kappa shape index (κ1) is 15.0. The molecule has 0 N–H and O–H groups in total. The molecule has 3 aliphatic carbocycles. The van der Waals surface area contributed by atoms with E-state index in [0.29, 0.717) is 17.8 Å². The minimum Gasteiger partial charge on any atom is -0.312 e. The van der Waals surface area contributed by atoms with Crippen LogP contribution in [0.4, 0.5) is 0 Å². The van der Waals surface area contributed by atoms with Gasteiger partial charge in [0.1, 0.15) is 11.9 Å². The van der Waals surface area contributed by atoms with Crippen LogP contribution in [0.5, 0.6) is 0 Å². The van der Waals surface area contributed by atoms with Gasteiger partial charge in [-0.3, -0.25) is 9.36 Å². The van der Waals surface area contributed by atoms with Gasteiger partial charge in [0.15, 0.2) is 0 Å². The summed E-state index contributed by atoms with van der Waals surface area (Å²) in [7, 11) is -0.573. The van der Waals surface area contributed by atoms with Gasteiger partial charge in [-0.1, -0.05) is 25.5 Å². The minimum absolute atomic E-state index is 0.0285. The highest BCUT2D eigenvalue weighted by molar-refractivity contribution is 7.54. The molecule has 0 aliphatic heterocycles. The van der Waals surface area contributed by atoms with E-state index in [1.807, 2.05) is 0 Å². The summed E-state index contributed by atoms with van der Waals surface area (Å²) in [5, 5.41) is 0. The van der Waals surface area contributed by atoms with Gasteiger partial charge in [0, 0.05) is 20.1 Å². The number of allylic oxidation sites excluding steroid dienone is 2. The van der Waals surface area contributed by atoms with Gasteiger partial charge in [0.05, 0.1) is 0 Å². The van der Waals surface area contributed by atoms with Crippen molar-refractivity contribution in [3.8, 4) is 0 Å². The van der Waals surface area contributed by atoms with Crippen LogP contribution in [-0.4, -0.2) is 26.2 Å². The molecule has 0 saturated heterocycles. The number of hydrogen-bond donors (Lipinski definition) is 0. The molecule has 0 spiro atoms. The monoisotopic (exact) mass is 286 g/mol. The molecule has 108 valence electrons. The van der Waals surface area contributed by atoms with Crippen molar-refractivity contribution >= 4 is 13.4 Å². The summed E-state index contributed by atoms with van der Waals surface area (Å²) >= 11 is 0. The number of Topliss-reactive ketones (excluding diaryl/α,β-unsaturated/α-hetero) is 1. The molecule has 3 rings (SSSR count). The van der Waals surface area contributed by atoms with Crippen LogP contribution >= 0.6 is 7.60 Å². The lowest BCUT2D eigenvalue weighted by atomic mass is 9.71. The summed E-state index contributed by atoms with van der Waals surface area (Å²) in [6.07, 6.45) is 7.72. The van der Waals surface area contributed by atoms with Gasteiger partial charge < -0.3 is 9.05 Å². The molecule has 5 heteroatoms. The van der Waals surface area contributed by atoms with E-state index in [4.69, 9.17) is 9.05 Å². The maximum Gasteiger partial charge on any atom is 0.337 e. The lowest BCUT2D eigenvalue weighted by molar-refractivity contribution is -0.124. The van der Waals surface area contributed by atoms with Gasteiger partial charge in [-0.25, -0.2) is 0 Å². The van der Waals surface area contributed by atoms with Crippen LogP contribution in [0.15, 0.2) is 12.2 Å². The summed E-state index contributed by atoms with van der Waals surface area (Å²) < 4.78 is 21.9. The van der Waals surface area contributed by atoms with Crippen molar-refractivity contribution in [3.63, 3.8) is 0 Å². The highest BCUT2D eigenvalue weighted by Gasteiger charge is 2.42. The Hall–Kier alpha value is -0.440. The molecular weight excluding hydrogens is 263 g/mol. The fraction of sp³-hybridized carbons (Fsp3) is 0.786. The first-order valence-electron chi connectivity index (χ1n) is 6.92. The SMILES string of the molecule is COP(=O)(CC(=O)C1C2C=CC(CCC2)C1C)OC. The standard InChI is InChI=1S/C14H23O4P/c1-10-11-5-4-6-12(8-7-11)14(10)13(15)9-19(16,17-2)18-3/h7-8,10-12,14H,4-6,9H2,1-3H3. The number of ketones is 1. The van der Waals surface area contributed by atoms with E-state index in [9.17, 15) is 9.36 Å². The predicted molar refractivity (Wildman–Crippen MR) is 74.1 cm³/mol. The third-order valence-corrected chi connectivity index (χ3v) is 6.47. The molecule has 1 saturated carbocycles. The van der Waals surface area contributed by atoms with Crippen LogP contribution in [0, 0.1) is 23.7 Å². The Morgan fingerprint density at radius 3 is 2.42 bits per heavy atom. The average Bonchev–Trinajstić information content (AvgIpc) is 2.72. The highest BCUT2D eigenvalue weighted by Crippen LogP contribution is 2.49. The molecule has 0 aromatic rings. The topological polar surface area (TPSA) is 52.6 Å². The van der Waals surface area contributed by atoms with E-state index in [2.05, 4.69) is 19.1 Å². The molecule has 2 bridgehead atoms. The Morgan fingerprint density at radius 1 is 1.21 bits per heavy atom. The van der Waals surface area contributed by atoms with Crippen LogP contribution in [0.2, 0.25) is 0 Å². The largest absolute Gasteiger partial charge is 0.337 e. The zero-order chi connectivity index (χ0) is 14.0. The van der Waals surface area contributed by atoms with Crippen molar-refractivity contribution in [2.75, 3.05) is 20.4 Å². The van der Waals surface area contributed by atoms with Crippen molar-refractivity contribution in [2.45, 2.75) is 26.2 Å². The maximum absolute atomic E-state index is 12.5. The third kappa shape index (κ3) is 3.01. The molecular formula is C14H23O4P. The van der Waals surface area contributed by atoms with Gasteiger partial charge in [-0.15, -0.1) is 0 Å². The fourth-order valence-corrected chi connectivity index (χ4v) is 4.49. The van der Waals surface area contributed by atoms with Crippen molar-refractivity contribution in [3.05, 3.63) is 12.2 Å². The van der Waals surface area contributed by atoms with Gasteiger partial charge >= 0.3 is 7.60 Å². The molecule has 0 radical (unpaired) electrons. The van der Waals surface area contributed by atoms with Crippen molar-refractivity contribution in [2.24, 2.45) is 23.7 Å². The van der Waals surface area contributed by atoms with Crippen molar-refractivity contribution in [1.82, 2.24) is 0 Å². The second-order valence-electron chi connectivity index (χ2n) is 5.63. The van der Waals surface area contributed by atoms with Crippen LogP contribution in [0.25, 0.3) is 0 Å². The first-order valence-corrected chi connectivity index (χ1v) is 8.65. The first-order chi connectivity index (χ1) is 9.00. The maximum atomic E-state index is 12.5. The molecule has 0 aromatic heterocycles. The Morgan fingerprint density at radius 2 is 1.79 bits per heavy atom. The zero-order valence-corrected chi connectivity index (χ0v) is 12.8. The van der Waals surface area contributed by atoms with E-state index >= 15 is 0 Å². The van der Waals surface area contributed by atoms with E-state index in [1.165, 1.54) is 20.6 Å². The number of hydrogen-bond acceptors (Lipinski definition) is 4. The summed E-state index contributed by atoms with van der Waals surface area (Å²) in [4.78, 5) is 12.5. The number of carbonyl (C=O) groups excluding carboxylic acids is 1. The predicted octanol–water partition coefficient (Wildman–Crippen LogP) is 3.28. The lowest BCUT2D eigenvalue weighted by Gasteiger charge is -2.34. The molecule has 0 amide bonds. The Labute approximate surface area is 115 Å². The second-order valence-corrected chi connectivity index (χ2v) is 7.90. The normalized spacial score (nSPS) is 34.3. The van der Waals surface area contributed by atoms with E-state index < -0.39 is 7.60 Å². The van der Waals surface area contributed by atoms with Crippen LogP contribution < -0.4 is 0 Å². The quantitative estimate of drug-likeness (QED) is 0.575. The molecule has 4 nitrogen and oxygen atoms in total. The molecule has 0 heterocycles. The number of carbonyl (C=O) groups is 1. The molecule has 3 aliphatic rings. The highest BCUT2D eigenvalue weighted by atomic mass is 31.2. The average molecular weight is 286 g/mol. The van der Waals surface area contributed by atoms with E-state index in [0.717, 1.165) is 12.8 Å². The minimum atomic E-state index is -3.24. The summed E-state index contributed by atoms with van der Waals surface area (Å²) in [5.41, 5.74) is 0. The van der Waals surface area contributed by atoms with Gasteiger partial charge in [-0.05, 0) is 30.6 Å². The van der Waals surface area contributed by atoms with Gasteiger partial charge in [0.25, 0.3) is 0 Å². The smallest absolute Gasteiger partial charge is 0.312 e. The van der Waals surface area contributed by atoms with Gasteiger partial charge in [0.2, 0.25) is 0 Å². The zero-order valence-electron chi connectivity index (χ0n) is 11.9. The van der Waals surface area contributed by atoms with Crippen LogP contribution in [0.3, 0.4) is 0 Å². The molecule has 4 unspecified atom stereocenters. The Bertz CT molecular complexity index is 410. The summed E-state index contributed by atoms with van der Waals surface area (Å²) in [5.74, 6) is 1.10. The van der Waals surface area contributed by atoms with Crippen LogP contribution in [0.1, 0.15) is 26.2 Å². The van der Waals surface area contributed by atoms with Crippen molar-refractivity contribution < 1.29 is 18.4 Å². The molecule has 19 heavy (non-hydrogen) atoms. The van der Waals surface area contributed by atoms with E-state index in [1.54, 1.807) is 0 Å². The molecule has 4 atom stereocenters. The molecule has 1 fully saturated rings. The van der Waals surface area contributed by atoms with Gasteiger partial charge in [-0.2, -0.15) is 0 Å². The Kier molecular flexibility index (Phi) is 4.65. The summed E-state index contributed by atoms with van der Waals surface area (Å²) in [6.45, 7) is 2.14. The summed E-state index contributed by atoms with van der Waals surface area (Å²) in [6, 6.07) is 0. The van der Waals surface area contributed by atoms with Crippen molar-refractivity contribution in [1.29, 1.82) is 0 Å². The van der Waals surface area contributed by atoms with E-state index in [-0.39, 0.29) is 17.9 Å². The lowest BCUT2D eigenvalue weighted by Crippen LogP contribution is -2.35. The number of fused-ring (bicyclic) bond motifs is 3. The number of rotatable bonds is 5. The second kappa shape index (κ2) is 5.90. The Balaban J connectivity index is 2.15.